The molecule has 1 rings (SSSR count). The Labute approximate surface area is 119 Å². The Hall–Kier alpha value is -2.41. The maximum absolute atomic E-state index is 11.4. The highest BCUT2D eigenvalue weighted by Crippen LogP contribution is 2.22. The molecule has 0 atom stereocenters. The van der Waals surface area contributed by atoms with Crippen molar-refractivity contribution >= 4 is 35.2 Å². The number of hydrogen-bond donors (Lipinski definition) is 1. The Kier molecular flexibility index (Phi) is 5.67. The van der Waals surface area contributed by atoms with Gasteiger partial charge in [-0.05, 0) is 23.8 Å². The highest BCUT2D eigenvalue weighted by Gasteiger charge is 2.11. The second kappa shape index (κ2) is 7.25. The summed E-state index contributed by atoms with van der Waals surface area (Å²) < 4.78 is 4.44. The molecule has 7 nitrogen and oxygen atoms in total. The second-order valence-corrected chi connectivity index (χ2v) is 4.06. The molecule has 0 fully saturated rings. The van der Waals surface area contributed by atoms with Crippen LogP contribution in [-0.4, -0.2) is 30.5 Å². The lowest BCUT2D eigenvalue weighted by Crippen LogP contribution is -2.22. The quantitative estimate of drug-likeness (QED) is 0.386. The molecule has 0 spiro atoms. The van der Waals surface area contributed by atoms with Gasteiger partial charge in [0.2, 0.25) is 0 Å². The van der Waals surface area contributed by atoms with Gasteiger partial charge in [-0.15, -0.1) is 0 Å². The fraction of sp³-hybridized carbons (Fsp3) is 0.167. The van der Waals surface area contributed by atoms with E-state index < -0.39 is 23.3 Å². The van der Waals surface area contributed by atoms with E-state index in [2.05, 4.69) is 10.1 Å². The molecule has 20 heavy (non-hydrogen) atoms. The summed E-state index contributed by atoms with van der Waals surface area (Å²) in [6.07, 6.45) is 2.57. The van der Waals surface area contributed by atoms with Crippen molar-refractivity contribution in [3.8, 4) is 0 Å². The summed E-state index contributed by atoms with van der Waals surface area (Å²) in [5.41, 5.74) is 0.737. The van der Waals surface area contributed by atoms with Crippen molar-refractivity contribution in [1.82, 2.24) is 0 Å². The van der Waals surface area contributed by atoms with Crippen molar-refractivity contribution in [2.45, 2.75) is 0 Å². The molecule has 0 bridgehead atoms. The summed E-state index contributed by atoms with van der Waals surface area (Å²) in [4.78, 5) is 31.9. The third-order valence-electron chi connectivity index (χ3n) is 2.16. The Morgan fingerprint density at radius 2 is 2.20 bits per heavy atom. The molecule has 0 aliphatic rings. The second-order valence-electron chi connectivity index (χ2n) is 3.63. The number of hydrogen-bond acceptors (Lipinski definition) is 5. The highest BCUT2D eigenvalue weighted by molar-refractivity contribution is 6.31. The Bertz CT molecular complexity index is 571. The third-order valence-corrected chi connectivity index (χ3v) is 2.40. The van der Waals surface area contributed by atoms with Gasteiger partial charge in [0, 0.05) is 21.7 Å². The van der Waals surface area contributed by atoms with Gasteiger partial charge in [0.25, 0.3) is 12.5 Å². The van der Waals surface area contributed by atoms with Crippen molar-refractivity contribution in [2.24, 2.45) is 0 Å². The number of ether oxygens (including phenoxy) is 1. The average molecular weight is 299 g/mol. The van der Waals surface area contributed by atoms with Crippen LogP contribution >= 0.6 is 11.6 Å². The summed E-state index contributed by atoms with van der Waals surface area (Å²) in [6, 6.07) is 4.54. The standard InChI is InChI=1S/C12H11ClN2O5/c1-20-12(17)5-3-8-2-4-9(13)6-10(8)14-11(16)7-15(18)19/h2-6H,7H2,1H3,(H,14,16)/b5-3+. The predicted octanol–water partition coefficient (Wildman–Crippen LogP) is 1.74. The zero-order valence-corrected chi connectivity index (χ0v) is 11.2. The SMILES string of the molecule is COC(=O)/C=C/c1ccc(Cl)cc1NC(=O)C[N+](=O)[O-]. The molecule has 0 heterocycles. The molecule has 1 aromatic rings. The Balaban J connectivity index is 2.96. The van der Waals surface area contributed by atoms with Crippen molar-refractivity contribution in [1.29, 1.82) is 0 Å². The number of amides is 1. The maximum atomic E-state index is 11.4. The molecule has 0 radical (unpaired) electrons. The fourth-order valence-electron chi connectivity index (χ4n) is 1.31. The number of anilines is 1. The number of rotatable bonds is 5. The number of carbonyl (C=O) groups excluding carboxylic acids is 2. The highest BCUT2D eigenvalue weighted by atomic mass is 35.5. The van der Waals surface area contributed by atoms with E-state index in [0.29, 0.717) is 10.6 Å². The summed E-state index contributed by atoms with van der Waals surface area (Å²) in [5.74, 6) is -1.35. The van der Waals surface area contributed by atoms with E-state index >= 15 is 0 Å². The summed E-state index contributed by atoms with van der Waals surface area (Å²) in [5, 5.41) is 12.9. The van der Waals surface area contributed by atoms with Crippen LogP contribution in [-0.2, 0) is 14.3 Å². The van der Waals surface area contributed by atoms with Gasteiger partial charge < -0.3 is 10.1 Å². The molecule has 0 aliphatic heterocycles. The molecule has 8 heteroatoms. The first-order valence-corrected chi connectivity index (χ1v) is 5.77. The zero-order chi connectivity index (χ0) is 15.1. The van der Waals surface area contributed by atoms with Crippen LogP contribution in [0.2, 0.25) is 5.02 Å². The number of nitro groups is 1. The van der Waals surface area contributed by atoms with E-state index in [1.807, 2.05) is 0 Å². The van der Waals surface area contributed by atoms with E-state index in [0.717, 1.165) is 6.08 Å². The molecular formula is C12H11ClN2O5. The van der Waals surface area contributed by atoms with Gasteiger partial charge in [-0.1, -0.05) is 17.7 Å². The van der Waals surface area contributed by atoms with Crippen LogP contribution in [0.25, 0.3) is 6.08 Å². The van der Waals surface area contributed by atoms with Crippen LogP contribution in [0.1, 0.15) is 5.56 Å². The minimum atomic E-state index is -0.854. The van der Waals surface area contributed by atoms with Gasteiger partial charge in [0.05, 0.1) is 7.11 Å². The van der Waals surface area contributed by atoms with Crippen molar-refractivity contribution in [3.05, 3.63) is 45.0 Å². The molecule has 1 N–H and O–H groups in total. The predicted molar refractivity (Wildman–Crippen MR) is 73.0 cm³/mol. The number of benzene rings is 1. The first-order chi connectivity index (χ1) is 9.42. The van der Waals surface area contributed by atoms with Crippen molar-refractivity contribution in [2.75, 3.05) is 19.0 Å². The van der Waals surface area contributed by atoms with Crippen LogP contribution in [0.3, 0.4) is 0 Å². The monoisotopic (exact) mass is 298 g/mol. The molecule has 0 saturated heterocycles. The lowest BCUT2D eigenvalue weighted by molar-refractivity contribution is -0.467. The minimum absolute atomic E-state index is 0.268. The van der Waals surface area contributed by atoms with E-state index in [9.17, 15) is 19.7 Å². The lowest BCUT2D eigenvalue weighted by Gasteiger charge is -2.07. The molecule has 0 aromatic heterocycles. The normalized spacial score (nSPS) is 10.3. The van der Waals surface area contributed by atoms with E-state index in [1.54, 1.807) is 12.1 Å². The number of nitrogens with zero attached hydrogens (tertiary/aromatic N) is 1. The van der Waals surface area contributed by atoms with E-state index in [-0.39, 0.29) is 5.69 Å². The molecular weight excluding hydrogens is 288 g/mol. The van der Waals surface area contributed by atoms with Gasteiger partial charge in [-0.3, -0.25) is 14.9 Å². The first kappa shape index (κ1) is 15.6. The van der Waals surface area contributed by atoms with E-state index in [4.69, 9.17) is 11.6 Å². The van der Waals surface area contributed by atoms with Gasteiger partial charge in [-0.2, -0.15) is 0 Å². The maximum Gasteiger partial charge on any atom is 0.330 e. The van der Waals surface area contributed by atoms with Crippen LogP contribution < -0.4 is 5.32 Å². The number of methoxy groups -OCH3 is 1. The topological polar surface area (TPSA) is 98.5 Å². The number of halogens is 1. The number of nitrogens with one attached hydrogen (secondary N) is 1. The minimum Gasteiger partial charge on any atom is -0.466 e. The lowest BCUT2D eigenvalue weighted by atomic mass is 10.1. The number of carbonyl (C=O) groups is 2. The first-order valence-electron chi connectivity index (χ1n) is 5.39. The van der Waals surface area contributed by atoms with Gasteiger partial charge in [-0.25, -0.2) is 4.79 Å². The average Bonchev–Trinajstić information content (AvgIpc) is 2.36. The van der Waals surface area contributed by atoms with Gasteiger partial charge in [0.15, 0.2) is 0 Å². The van der Waals surface area contributed by atoms with Crippen LogP contribution in [0.4, 0.5) is 5.69 Å². The fourth-order valence-corrected chi connectivity index (χ4v) is 1.49. The van der Waals surface area contributed by atoms with Crippen LogP contribution in [0, 0.1) is 10.1 Å². The van der Waals surface area contributed by atoms with Gasteiger partial charge in [0.1, 0.15) is 0 Å². The molecule has 1 aromatic carbocycles. The van der Waals surface area contributed by atoms with Crippen molar-refractivity contribution in [3.63, 3.8) is 0 Å². The van der Waals surface area contributed by atoms with Crippen molar-refractivity contribution < 1.29 is 19.2 Å². The molecule has 1 amide bonds. The summed E-state index contributed by atoms with van der Waals surface area (Å²) in [6.45, 7) is -0.854. The molecule has 0 aliphatic carbocycles. The zero-order valence-electron chi connectivity index (χ0n) is 10.5. The van der Waals surface area contributed by atoms with E-state index in [1.165, 1.54) is 19.3 Å². The smallest absolute Gasteiger partial charge is 0.330 e. The largest absolute Gasteiger partial charge is 0.466 e. The molecule has 0 saturated carbocycles. The Morgan fingerprint density at radius 1 is 1.50 bits per heavy atom. The van der Waals surface area contributed by atoms with Gasteiger partial charge >= 0.3 is 5.97 Å². The summed E-state index contributed by atoms with van der Waals surface area (Å²) >= 11 is 5.80. The number of esters is 1. The third kappa shape index (κ3) is 5.07. The van der Waals surface area contributed by atoms with Crippen LogP contribution in [0.15, 0.2) is 24.3 Å². The molecule has 106 valence electrons. The van der Waals surface area contributed by atoms with Crippen LogP contribution in [0.5, 0.6) is 0 Å². The molecule has 0 unspecified atom stereocenters. The Morgan fingerprint density at radius 3 is 2.80 bits per heavy atom. The summed E-state index contributed by atoms with van der Waals surface area (Å²) in [7, 11) is 1.23.